The molecule has 0 atom stereocenters. The van der Waals surface area contributed by atoms with Crippen molar-refractivity contribution in [3.8, 4) is 0 Å². The van der Waals surface area contributed by atoms with Crippen LogP contribution in [0.1, 0.15) is 71.1 Å². The Balaban J connectivity index is 3.01. The molecule has 0 bridgehead atoms. The van der Waals surface area contributed by atoms with Crippen LogP contribution in [0.5, 0.6) is 0 Å². The summed E-state index contributed by atoms with van der Waals surface area (Å²) in [6, 6.07) is 0. The summed E-state index contributed by atoms with van der Waals surface area (Å²) in [4.78, 5) is 11.2. The van der Waals surface area contributed by atoms with Crippen molar-refractivity contribution >= 4 is 48.3 Å². The Morgan fingerprint density at radius 1 is 1.00 bits per heavy atom. The van der Waals surface area contributed by atoms with Crippen LogP contribution >= 0.6 is 0 Å². The Labute approximate surface area is 125 Å². The average Bonchev–Trinajstić information content (AvgIpc) is 2.27. The van der Waals surface area contributed by atoms with E-state index in [9.17, 15) is 4.79 Å². The Morgan fingerprint density at radius 3 is 2.00 bits per heavy atom. The van der Waals surface area contributed by atoms with Crippen molar-refractivity contribution in [1.82, 2.24) is 0 Å². The van der Waals surface area contributed by atoms with Crippen molar-refractivity contribution < 1.29 is 6.21 Å². The molecule has 0 rings (SSSR count). The third kappa shape index (κ3) is 13.3. The molecule has 2 nitrogen and oxygen atoms in total. The van der Waals surface area contributed by atoms with Gasteiger partial charge in [-0.05, 0) is 0 Å². The summed E-state index contributed by atoms with van der Waals surface area (Å²) in [6.45, 7) is 2.25. The molecule has 0 saturated carbocycles. The van der Waals surface area contributed by atoms with Gasteiger partial charge in [-0.2, -0.15) is 0 Å². The monoisotopic (exact) mass is 439 g/mol. The molecule has 0 aromatic rings. The summed E-state index contributed by atoms with van der Waals surface area (Å²) in [5.74, 6) is 0. The van der Waals surface area contributed by atoms with E-state index in [2.05, 4.69) is 6.92 Å². The van der Waals surface area contributed by atoms with E-state index in [4.69, 9.17) is 1.41 Å². The van der Waals surface area contributed by atoms with Crippen LogP contribution in [0, 0.1) is 0 Å². The average molecular weight is 437 g/mol. The van der Waals surface area contributed by atoms with Crippen molar-refractivity contribution in [1.29, 1.82) is 0 Å². The molecular formula is C12H23O2Sn2. The van der Waals surface area contributed by atoms with Gasteiger partial charge >= 0.3 is 126 Å². The van der Waals surface area contributed by atoms with Crippen LogP contribution in [-0.4, -0.2) is 48.3 Å². The van der Waals surface area contributed by atoms with Crippen LogP contribution in [0.4, 0.5) is 0 Å². The van der Waals surface area contributed by atoms with Gasteiger partial charge in [0.25, 0.3) is 0 Å². The van der Waals surface area contributed by atoms with E-state index >= 15 is 0 Å². The summed E-state index contributed by atoms with van der Waals surface area (Å²) >= 11 is 0.00917. The molecule has 0 aliphatic carbocycles. The molecule has 0 spiro atoms. The molecule has 4 heteroatoms. The normalized spacial score (nSPS) is 10.6. The van der Waals surface area contributed by atoms with Crippen LogP contribution in [0.3, 0.4) is 0 Å². The first-order chi connectivity index (χ1) is 7.81. The first kappa shape index (κ1) is 17.2. The second-order valence-corrected chi connectivity index (χ2v) is 10.9. The Morgan fingerprint density at radius 2 is 1.50 bits per heavy atom. The van der Waals surface area contributed by atoms with Gasteiger partial charge in [0.1, 0.15) is 0 Å². The van der Waals surface area contributed by atoms with E-state index in [0.717, 1.165) is 35.8 Å². The quantitative estimate of drug-likeness (QED) is 0.347. The number of carbonyl (C=O) groups is 1. The van der Waals surface area contributed by atoms with Gasteiger partial charge in [-0.25, -0.2) is 0 Å². The zero-order chi connectivity index (χ0) is 12.1. The molecule has 0 aliphatic heterocycles. The van der Waals surface area contributed by atoms with Gasteiger partial charge in [-0.3, -0.25) is 0 Å². The molecule has 0 aromatic carbocycles. The van der Waals surface area contributed by atoms with Crippen LogP contribution < -0.4 is 0 Å². The predicted octanol–water partition coefficient (Wildman–Crippen LogP) is 3.15. The van der Waals surface area contributed by atoms with E-state index in [1.807, 2.05) is 0 Å². The predicted molar refractivity (Wildman–Crippen MR) is 69.4 cm³/mol. The first-order valence-electron chi connectivity index (χ1n) is 6.42. The topological polar surface area (TPSA) is 26.3 Å². The first-order valence-corrected chi connectivity index (χ1v) is 10.2. The Bertz CT molecular complexity index is 163. The second kappa shape index (κ2) is 14.3. The Kier molecular flexibility index (Phi) is 15.4. The van der Waals surface area contributed by atoms with Gasteiger partial charge in [0.2, 0.25) is 0 Å². The molecule has 16 heavy (non-hydrogen) atoms. The molecule has 0 aliphatic rings. The number of hydrogen-bond donors (Lipinski definition) is 0. The molecule has 5 radical (unpaired) electrons. The van der Waals surface area contributed by atoms with Crippen molar-refractivity contribution in [2.45, 2.75) is 71.1 Å². The van der Waals surface area contributed by atoms with Crippen LogP contribution in [0.15, 0.2) is 0 Å². The zero-order valence-electron chi connectivity index (χ0n) is 10.4. The number of carbonyl (C=O) groups excluding carboxylic acids is 1. The standard InChI is InChI=1S/C12H23O.O.2Sn/c1-2-3-4-5-6-7-8-9-10-11-12-13;;;/h2-11H2,1H3;;;. The van der Waals surface area contributed by atoms with Crippen LogP contribution in [-0.2, 0) is 6.21 Å². The van der Waals surface area contributed by atoms with Crippen LogP contribution in [0.2, 0.25) is 0 Å². The van der Waals surface area contributed by atoms with E-state index in [1.165, 1.54) is 51.4 Å². The summed E-state index contributed by atoms with van der Waals surface area (Å²) < 4.78 is 5.48. The summed E-state index contributed by atoms with van der Waals surface area (Å²) in [5.41, 5.74) is 0. The molecule has 91 valence electrons. The van der Waals surface area contributed by atoms with E-state index in [1.54, 1.807) is 0 Å². The summed E-state index contributed by atoms with van der Waals surface area (Å²) in [6.07, 6.45) is 12.7. The minimum atomic E-state index is -1.06. The van der Waals surface area contributed by atoms with Gasteiger partial charge in [-0.1, -0.05) is 0 Å². The fourth-order valence-electron chi connectivity index (χ4n) is 1.70. The van der Waals surface area contributed by atoms with Gasteiger partial charge in [-0.15, -0.1) is 0 Å². The van der Waals surface area contributed by atoms with Gasteiger partial charge < -0.3 is 0 Å². The third-order valence-electron chi connectivity index (χ3n) is 2.67. The van der Waals surface area contributed by atoms with E-state index in [-0.39, 0.29) is 0 Å². The molecular weight excluding hydrogens is 414 g/mol. The van der Waals surface area contributed by atoms with Crippen molar-refractivity contribution in [2.24, 2.45) is 0 Å². The molecule has 0 heterocycles. The van der Waals surface area contributed by atoms with Crippen molar-refractivity contribution in [3.63, 3.8) is 0 Å². The molecule has 0 saturated heterocycles. The molecule has 0 amide bonds. The number of hydrogen-bond acceptors (Lipinski definition) is 2. The number of unbranched alkanes of at least 4 members (excludes halogenated alkanes) is 8. The van der Waals surface area contributed by atoms with Gasteiger partial charge in [0.05, 0.1) is 0 Å². The molecule has 0 N–H and O–H groups in total. The van der Waals surface area contributed by atoms with E-state index in [0.29, 0.717) is 3.80 Å². The molecule has 0 aromatic heterocycles. The van der Waals surface area contributed by atoms with E-state index < -0.39 is 21.6 Å². The summed E-state index contributed by atoms with van der Waals surface area (Å²) in [5, 5.41) is 0. The third-order valence-corrected chi connectivity index (χ3v) is 6.28. The maximum atomic E-state index is 11.2. The fourth-order valence-corrected chi connectivity index (χ4v) is 5.00. The summed E-state index contributed by atoms with van der Waals surface area (Å²) in [7, 11) is 0. The van der Waals surface area contributed by atoms with Crippen LogP contribution in [0.25, 0.3) is 0 Å². The second-order valence-electron chi connectivity index (χ2n) is 4.21. The van der Waals surface area contributed by atoms with Crippen molar-refractivity contribution in [2.75, 3.05) is 0 Å². The minimum absolute atomic E-state index is 0.434. The fraction of sp³-hybridized carbons (Fsp3) is 0.917. The zero-order valence-corrected chi connectivity index (χ0v) is 16.1. The Hall–Kier alpha value is 1.23. The SMILES string of the molecule is CCCCCCCCCCC[C](=O)[Sn][O][Sn]. The maximum absolute atomic E-state index is 11.2. The molecule has 0 unspecified atom stereocenters. The molecule has 0 fully saturated rings. The van der Waals surface area contributed by atoms with Gasteiger partial charge in [0, 0.05) is 0 Å². The van der Waals surface area contributed by atoms with Crippen molar-refractivity contribution in [3.05, 3.63) is 0 Å². The van der Waals surface area contributed by atoms with Gasteiger partial charge in [0.15, 0.2) is 0 Å². The number of rotatable bonds is 12.